The normalized spacial score (nSPS) is 51.0. The molecule has 3 aliphatic heterocycles. The molecule has 19 heteroatoms. The number of ether oxygens (including phenoxy) is 5. The van der Waals surface area contributed by atoms with Crippen LogP contribution in [0.1, 0.15) is 0 Å². The van der Waals surface area contributed by atoms with Gasteiger partial charge in [0.2, 0.25) is 0 Å². The molecule has 14 N–H and O–H groups in total. The first-order chi connectivity index (χ1) is 17.5. The first kappa shape index (κ1) is 30.3. The molecule has 19 nitrogen and oxygen atoms in total. The number of hydrogen-bond donors (Lipinski definition) is 11. The summed E-state index contributed by atoms with van der Waals surface area (Å²) in [5.41, 5.74) is 17.6. The molecule has 37 heavy (non-hydrogen) atoms. The summed E-state index contributed by atoms with van der Waals surface area (Å²) in [7, 11) is 0. The van der Waals surface area contributed by atoms with E-state index in [4.69, 9.17) is 40.9 Å². The van der Waals surface area contributed by atoms with Crippen molar-refractivity contribution in [3.63, 3.8) is 0 Å². The van der Waals surface area contributed by atoms with E-state index in [2.05, 4.69) is 10.2 Å². The second-order valence-corrected chi connectivity index (χ2v) is 8.95. The Hall–Kier alpha value is -1.24. The van der Waals surface area contributed by atoms with E-state index >= 15 is 0 Å². The molecular formula is C18H34N4O15. The summed E-state index contributed by atoms with van der Waals surface area (Å²) in [4.78, 5) is 15.1. The predicted octanol–water partition coefficient (Wildman–Crippen LogP) is -7.65. The Bertz CT molecular complexity index is 754. The van der Waals surface area contributed by atoms with Crippen molar-refractivity contribution < 1.29 is 69.4 Å². The molecule has 0 spiro atoms. The standard InChI is InChI=1S/C18H34N4O15/c19-6-9(26)12(4(1-23)32-15(6)30)34-16-7(20)10(27)13(5(2-24)33-16)35-17-8(21)11(28)14(29)18(3-25,36-17)37-22-31/h4-17,23-30H,1-3,19-21H2/t4-,5-,6-,7-,8-,9-,10-,11-,12?,13?,14+,15-,16+,17+,18-/m1/s1. The second kappa shape index (κ2) is 12.3. The predicted molar refractivity (Wildman–Crippen MR) is 113 cm³/mol. The Labute approximate surface area is 209 Å². The summed E-state index contributed by atoms with van der Waals surface area (Å²) in [6, 6.07) is -4.27. The number of hydrogen-bond acceptors (Lipinski definition) is 19. The van der Waals surface area contributed by atoms with Crippen LogP contribution in [0.5, 0.6) is 0 Å². The molecule has 2 unspecified atom stereocenters. The van der Waals surface area contributed by atoms with Crippen molar-refractivity contribution in [3.05, 3.63) is 4.91 Å². The molecule has 0 aromatic heterocycles. The minimum atomic E-state index is -2.57. The fourth-order valence-electron chi connectivity index (χ4n) is 4.35. The highest BCUT2D eigenvalue weighted by Gasteiger charge is 2.58. The fraction of sp³-hybridized carbons (Fsp3) is 1.00. The Morgan fingerprint density at radius 3 is 1.81 bits per heavy atom. The fourth-order valence-corrected chi connectivity index (χ4v) is 4.35. The average Bonchev–Trinajstić information content (AvgIpc) is 2.89. The molecule has 0 aliphatic carbocycles. The second-order valence-electron chi connectivity index (χ2n) is 8.95. The Kier molecular flexibility index (Phi) is 10.1. The van der Waals surface area contributed by atoms with Gasteiger partial charge in [-0.2, -0.15) is 0 Å². The number of nitrogens with zero attached hydrogens (tertiary/aromatic N) is 1. The van der Waals surface area contributed by atoms with E-state index in [1.54, 1.807) is 0 Å². The van der Waals surface area contributed by atoms with Crippen molar-refractivity contribution in [1.29, 1.82) is 0 Å². The van der Waals surface area contributed by atoms with Crippen molar-refractivity contribution in [1.82, 2.24) is 0 Å². The van der Waals surface area contributed by atoms with E-state index in [0.717, 1.165) is 0 Å². The summed E-state index contributed by atoms with van der Waals surface area (Å²) in [6.07, 6.45) is -17.6. The molecule has 0 bridgehead atoms. The lowest BCUT2D eigenvalue weighted by Crippen LogP contribution is -2.71. The zero-order valence-corrected chi connectivity index (χ0v) is 19.3. The number of aliphatic hydroxyl groups is 8. The van der Waals surface area contributed by atoms with Crippen LogP contribution in [0.2, 0.25) is 0 Å². The molecule has 0 aromatic carbocycles. The van der Waals surface area contributed by atoms with Crippen LogP contribution in [0, 0.1) is 4.91 Å². The molecule has 3 saturated heterocycles. The van der Waals surface area contributed by atoms with Gasteiger partial charge in [-0.05, 0) is 0 Å². The zero-order chi connectivity index (χ0) is 27.7. The lowest BCUT2D eigenvalue weighted by Gasteiger charge is -2.49. The minimum absolute atomic E-state index is 0.694. The first-order valence-electron chi connectivity index (χ1n) is 11.3. The van der Waals surface area contributed by atoms with Crippen LogP contribution in [-0.2, 0) is 28.5 Å². The molecular weight excluding hydrogens is 512 g/mol. The van der Waals surface area contributed by atoms with Gasteiger partial charge in [0.05, 0.1) is 31.3 Å². The van der Waals surface area contributed by atoms with Crippen molar-refractivity contribution >= 4 is 0 Å². The maximum absolute atomic E-state index is 10.9. The van der Waals surface area contributed by atoms with Crippen LogP contribution in [0.25, 0.3) is 0 Å². The topological polar surface area (TPSA) is 325 Å². The van der Waals surface area contributed by atoms with Gasteiger partial charge in [0.25, 0.3) is 5.79 Å². The van der Waals surface area contributed by atoms with Gasteiger partial charge in [-0.15, -0.1) is 4.91 Å². The highest BCUT2D eigenvalue weighted by Crippen LogP contribution is 2.34. The van der Waals surface area contributed by atoms with Gasteiger partial charge in [0, 0.05) is 0 Å². The molecule has 0 saturated carbocycles. The van der Waals surface area contributed by atoms with Gasteiger partial charge in [-0.1, -0.05) is 0 Å². The van der Waals surface area contributed by atoms with E-state index in [-0.39, 0.29) is 0 Å². The lowest BCUT2D eigenvalue weighted by atomic mass is 9.93. The van der Waals surface area contributed by atoms with Gasteiger partial charge in [0.1, 0.15) is 49.3 Å². The third-order valence-electron chi connectivity index (χ3n) is 6.61. The van der Waals surface area contributed by atoms with E-state index in [9.17, 15) is 45.8 Å². The average molecular weight is 546 g/mol. The summed E-state index contributed by atoms with van der Waals surface area (Å²) in [6.45, 7) is -2.66. The van der Waals surface area contributed by atoms with E-state index < -0.39 is 111 Å². The van der Waals surface area contributed by atoms with Gasteiger partial charge in [0.15, 0.2) is 30.3 Å². The van der Waals surface area contributed by atoms with Crippen molar-refractivity contribution in [2.45, 2.75) is 91.6 Å². The van der Waals surface area contributed by atoms with Crippen LogP contribution in [0.15, 0.2) is 5.34 Å². The van der Waals surface area contributed by atoms with Crippen molar-refractivity contribution in [2.75, 3.05) is 19.8 Å². The Morgan fingerprint density at radius 2 is 1.27 bits per heavy atom. The molecule has 0 amide bonds. The monoisotopic (exact) mass is 546 g/mol. The van der Waals surface area contributed by atoms with E-state index in [0.29, 0.717) is 0 Å². The molecule has 216 valence electrons. The molecule has 3 heterocycles. The highest BCUT2D eigenvalue weighted by atomic mass is 16.9. The summed E-state index contributed by atoms with van der Waals surface area (Å²) in [5.74, 6) is -2.57. The number of nitrogens with two attached hydrogens (primary N) is 3. The quantitative estimate of drug-likeness (QED) is 0.0944. The number of rotatable bonds is 9. The SMILES string of the molecule is N[C@H]1[C@@H](OC2[C@@H](CO)O[C@@H](OC3[C@@H](CO)O[C@@H](O)[C@H](N)[C@H]3O)[C@H](N)[C@H]2O)O[C@](CO)(ON=O)[C@@H](O)[C@@H]1O. The zero-order valence-electron chi connectivity index (χ0n) is 19.3. The number of aliphatic hydroxyl groups excluding tert-OH is 8. The molecule has 3 fully saturated rings. The molecule has 15 atom stereocenters. The van der Waals surface area contributed by atoms with Gasteiger partial charge < -0.3 is 86.6 Å². The molecule has 0 aromatic rings. The smallest absolute Gasteiger partial charge is 0.294 e. The van der Waals surface area contributed by atoms with Crippen LogP contribution < -0.4 is 17.2 Å². The lowest BCUT2D eigenvalue weighted by molar-refractivity contribution is -0.409. The van der Waals surface area contributed by atoms with Gasteiger partial charge >= 0.3 is 0 Å². The van der Waals surface area contributed by atoms with E-state index in [1.807, 2.05) is 0 Å². The van der Waals surface area contributed by atoms with Crippen LogP contribution in [0.4, 0.5) is 0 Å². The van der Waals surface area contributed by atoms with Gasteiger partial charge in [-0.25, -0.2) is 0 Å². The third kappa shape index (κ3) is 5.72. The maximum Gasteiger partial charge on any atom is 0.294 e. The van der Waals surface area contributed by atoms with Gasteiger partial charge in [-0.3, -0.25) is 0 Å². The Balaban J connectivity index is 1.77. The minimum Gasteiger partial charge on any atom is -0.394 e. The third-order valence-corrected chi connectivity index (χ3v) is 6.61. The Morgan fingerprint density at radius 1 is 0.757 bits per heavy atom. The summed E-state index contributed by atoms with van der Waals surface area (Å²) >= 11 is 0. The van der Waals surface area contributed by atoms with Crippen LogP contribution in [-0.4, -0.2) is 152 Å². The maximum atomic E-state index is 10.9. The van der Waals surface area contributed by atoms with Crippen LogP contribution >= 0.6 is 0 Å². The van der Waals surface area contributed by atoms with Crippen molar-refractivity contribution in [2.24, 2.45) is 22.5 Å². The van der Waals surface area contributed by atoms with E-state index in [1.165, 1.54) is 0 Å². The van der Waals surface area contributed by atoms with Crippen LogP contribution in [0.3, 0.4) is 0 Å². The molecule has 3 aliphatic rings. The highest BCUT2D eigenvalue weighted by molar-refractivity contribution is 5.00. The first-order valence-corrected chi connectivity index (χ1v) is 11.3. The molecule has 3 rings (SSSR count). The summed E-state index contributed by atoms with van der Waals surface area (Å²) < 4.78 is 27.2. The molecule has 0 radical (unpaired) electrons. The largest absolute Gasteiger partial charge is 0.394 e. The van der Waals surface area contributed by atoms with Crippen molar-refractivity contribution in [3.8, 4) is 0 Å². The summed E-state index contributed by atoms with van der Waals surface area (Å²) in [5, 5.41) is 82.6.